The average Bonchev–Trinajstić information content (AvgIpc) is 2.76. The summed E-state index contributed by atoms with van der Waals surface area (Å²) in [6.07, 6.45) is 0.154. The van der Waals surface area contributed by atoms with E-state index in [1.165, 1.54) is 0 Å². The van der Waals surface area contributed by atoms with Gasteiger partial charge in [0.1, 0.15) is 11.5 Å². The molecule has 0 aliphatic rings. The summed E-state index contributed by atoms with van der Waals surface area (Å²) in [6, 6.07) is 11.5. The van der Waals surface area contributed by atoms with Crippen LogP contribution < -0.4 is 10.1 Å². The van der Waals surface area contributed by atoms with Crippen molar-refractivity contribution in [3.8, 4) is 5.75 Å². The first kappa shape index (κ1) is 14.0. The minimum absolute atomic E-state index is 0.0387. The van der Waals surface area contributed by atoms with E-state index >= 15 is 0 Å². The molecule has 1 atom stereocenters. The van der Waals surface area contributed by atoms with Gasteiger partial charge in [-0.15, -0.1) is 0 Å². The molecule has 0 saturated heterocycles. The molecule has 3 nitrogen and oxygen atoms in total. The standard InChI is InChI=1S/C15H18ClNO2/c1-10(2)18-12-6-4-5-11(9-12)15(17-3)13-7-8-14(16)19-13/h4-10,15,17H,1-3H3. The number of benzene rings is 1. The number of ether oxygens (including phenoxy) is 1. The van der Waals surface area contributed by atoms with Gasteiger partial charge in [-0.25, -0.2) is 0 Å². The SMILES string of the molecule is CNC(c1cccc(OC(C)C)c1)c1ccc(Cl)o1. The summed E-state index contributed by atoms with van der Waals surface area (Å²) < 4.78 is 11.2. The highest BCUT2D eigenvalue weighted by molar-refractivity contribution is 6.28. The van der Waals surface area contributed by atoms with E-state index in [4.69, 9.17) is 20.8 Å². The summed E-state index contributed by atoms with van der Waals surface area (Å²) in [7, 11) is 1.89. The summed E-state index contributed by atoms with van der Waals surface area (Å²) in [4.78, 5) is 0. The van der Waals surface area contributed by atoms with Crippen LogP contribution in [-0.2, 0) is 0 Å². The molecule has 2 aromatic rings. The minimum Gasteiger partial charge on any atom is -0.491 e. The summed E-state index contributed by atoms with van der Waals surface area (Å²) in [5, 5.41) is 3.61. The number of hydrogen-bond acceptors (Lipinski definition) is 3. The van der Waals surface area contributed by atoms with Crippen molar-refractivity contribution in [2.45, 2.75) is 26.0 Å². The zero-order chi connectivity index (χ0) is 13.8. The van der Waals surface area contributed by atoms with Crippen molar-refractivity contribution in [2.75, 3.05) is 7.05 Å². The van der Waals surface area contributed by atoms with Crippen molar-refractivity contribution < 1.29 is 9.15 Å². The first-order valence-corrected chi connectivity index (χ1v) is 6.67. The second kappa shape index (κ2) is 6.13. The fourth-order valence-electron chi connectivity index (χ4n) is 2.00. The maximum absolute atomic E-state index is 5.83. The molecule has 0 aliphatic carbocycles. The highest BCUT2D eigenvalue weighted by Crippen LogP contribution is 2.28. The monoisotopic (exact) mass is 279 g/mol. The Morgan fingerprint density at radius 3 is 2.58 bits per heavy atom. The Labute approximate surface area is 118 Å². The van der Waals surface area contributed by atoms with Gasteiger partial charge in [-0.05, 0) is 62.3 Å². The Balaban J connectivity index is 2.28. The number of rotatable bonds is 5. The summed E-state index contributed by atoms with van der Waals surface area (Å²) in [6.45, 7) is 4.02. The van der Waals surface area contributed by atoms with Crippen LogP contribution in [0.4, 0.5) is 0 Å². The van der Waals surface area contributed by atoms with Gasteiger partial charge < -0.3 is 14.5 Å². The number of halogens is 1. The Kier molecular flexibility index (Phi) is 4.51. The Morgan fingerprint density at radius 1 is 1.21 bits per heavy atom. The van der Waals surface area contributed by atoms with E-state index in [9.17, 15) is 0 Å². The third kappa shape index (κ3) is 3.52. The van der Waals surface area contributed by atoms with Crippen LogP contribution in [0.1, 0.15) is 31.2 Å². The molecular weight excluding hydrogens is 262 g/mol. The normalized spacial score (nSPS) is 12.7. The Hall–Kier alpha value is -1.45. The van der Waals surface area contributed by atoms with Crippen molar-refractivity contribution in [1.29, 1.82) is 0 Å². The average molecular weight is 280 g/mol. The van der Waals surface area contributed by atoms with E-state index in [1.54, 1.807) is 6.07 Å². The molecule has 1 N–H and O–H groups in total. The van der Waals surface area contributed by atoms with Crippen LogP contribution in [0.25, 0.3) is 0 Å². The largest absolute Gasteiger partial charge is 0.491 e. The van der Waals surface area contributed by atoms with E-state index < -0.39 is 0 Å². The van der Waals surface area contributed by atoms with Gasteiger partial charge >= 0.3 is 0 Å². The summed E-state index contributed by atoms with van der Waals surface area (Å²) in [5.74, 6) is 1.64. The van der Waals surface area contributed by atoms with Crippen LogP contribution in [0.2, 0.25) is 5.22 Å². The highest BCUT2D eigenvalue weighted by atomic mass is 35.5. The van der Waals surface area contributed by atoms with Crippen LogP contribution >= 0.6 is 11.6 Å². The Morgan fingerprint density at radius 2 is 2.00 bits per heavy atom. The molecule has 0 saturated carbocycles. The lowest BCUT2D eigenvalue weighted by Crippen LogP contribution is -2.17. The molecule has 2 rings (SSSR count). The smallest absolute Gasteiger partial charge is 0.193 e. The van der Waals surface area contributed by atoms with E-state index in [-0.39, 0.29) is 12.1 Å². The van der Waals surface area contributed by atoms with Crippen LogP contribution in [0.3, 0.4) is 0 Å². The first-order chi connectivity index (χ1) is 9.10. The van der Waals surface area contributed by atoms with Crippen molar-refractivity contribution in [3.63, 3.8) is 0 Å². The Bertz CT molecular complexity index is 536. The van der Waals surface area contributed by atoms with Crippen LogP contribution in [0, 0.1) is 0 Å². The molecule has 102 valence electrons. The van der Waals surface area contributed by atoms with Crippen LogP contribution in [-0.4, -0.2) is 13.2 Å². The maximum Gasteiger partial charge on any atom is 0.193 e. The second-order valence-corrected chi connectivity index (χ2v) is 4.98. The van der Waals surface area contributed by atoms with E-state index in [0.29, 0.717) is 5.22 Å². The quantitative estimate of drug-likeness (QED) is 0.897. The maximum atomic E-state index is 5.83. The third-order valence-electron chi connectivity index (χ3n) is 2.73. The van der Waals surface area contributed by atoms with E-state index in [2.05, 4.69) is 5.32 Å². The van der Waals surface area contributed by atoms with E-state index in [1.807, 2.05) is 51.2 Å². The number of hydrogen-bond donors (Lipinski definition) is 1. The van der Waals surface area contributed by atoms with Gasteiger partial charge in [0.15, 0.2) is 5.22 Å². The number of furan rings is 1. The van der Waals surface area contributed by atoms with Gasteiger partial charge in [-0.2, -0.15) is 0 Å². The van der Waals surface area contributed by atoms with Crippen LogP contribution in [0.5, 0.6) is 5.75 Å². The topological polar surface area (TPSA) is 34.4 Å². The molecule has 0 aliphatic heterocycles. The first-order valence-electron chi connectivity index (χ1n) is 6.29. The lowest BCUT2D eigenvalue weighted by Gasteiger charge is -2.16. The zero-order valence-corrected chi connectivity index (χ0v) is 12.1. The van der Waals surface area contributed by atoms with Gasteiger partial charge in [0.2, 0.25) is 0 Å². The van der Waals surface area contributed by atoms with Gasteiger partial charge in [-0.1, -0.05) is 12.1 Å². The lowest BCUT2D eigenvalue weighted by molar-refractivity contribution is 0.242. The molecule has 1 unspecified atom stereocenters. The molecule has 0 amide bonds. The zero-order valence-electron chi connectivity index (χ0n) is 11.3. The minimum atomic E-state index is -0.0387. The summed E-state index contributed by atoms with van der Waals surface area (Å²) >= 11 is 5.83. The predicted molar refractivity (Wildman–Crippen MR) is 76.8 cm³/mol. The molecule has 1 aromatic carbocycles. The van der Waals surface area contributed by atoms with Gasteiger partial charge in [0.25, 0.3) is 0 Å². The summed E-state index contributed by atoms with van der Waals surface area (Å²) in [5.41, 5.74) is 1.08. The van der Waals surface area contributed by atoms with Crippen LogP contribution in [0.15, 0.2) is 40.8 Å². The van der Waals surface area contributed by atoms with Gasteiger partial charge in [0.05, 0.1) is 12.1 Å². The van der Waals surface area contributed by atoms with Crippen molar-refractivity contribution in [1.82, 2.24) is 5.32 Å². The molecule has 4 heteroatoms. The molecule has 0 bridgehead atoms. The van der Waals surface area contributed by atoms with Crippen molar-refractivity contribution in [2.24, 2.45) is 0 Å². The lowest BCUT2D eigenvalue weighted by atomic mass is 10.0. The fourth-order valence-corrected chi connectivity index (χ4v) is 2.15. The molecule has 1 heterocycles. The van der Waals surface area contributed by atoms with Crippen molar-refractivity contribution >= 4 is 11.6 Å². The van der Waals surface area contributed by atoms with Crippen molar-refractivity contribution in [3.05, 3.63) is 52.9 Å². The third-order valence-corrected chi connectivity index (χ3v) is 2.93. The highest BCUT2D eigenvalue weighted by Gasteiger charge is 2.16. The molecule has 0 spiro atoms. The molecule has 0 fully saturated rings. The molecule has 19 heavy (non-hydrogen) atoms. The fraction of sp³-hybridized carbons (Fsp3) is 0.333. The van der Waals surface area contributed by atoms with Gasteiger partial charge in [-0.3, -0.25) is 0 Å². The molecular formula is C15H18ClNO2. The molecule has 0 radical (unpaired) electrons. The number of nitrogens with one attached hydrogen (secondary N) is 1. The second-order valence-electron chi connectivity index (χ2n) is 4.60. The van der Waals surface area contributed by atoms with E-state index in [0.717, 1.165) is 17.1 Å². The predicted octanol–water partition coefficient (Wildman–Crippen LogP) is 4.03. The van der Waals surface area contributed by atoms with Gasteiger partial charge in [0, 0.05) is 0 Å². The molecule has 1 aromatic heterocycles.